The standard InChI is InChI=1S/C26H30N4O.C2HF3O2/c1-17(2)19-10-8-18(9-11-19)14-30-15-22-20-6-4-5-7-21(20)25(23(22)16-30)28-26(31)24-12-13-27-29(24)3;3-2(4,5)1(6)7/h4-13,17,22-23,25H,14-16H2,1-3H3,(H,28,31);(H,6,7)/t22-,23-,25+;/m0./s1. The topological polar surface area (TPSA) is 87.5 Å². The maximum atomic E-state index is 13.0. The van der Waals surface area contributed by atoms with E-state index in [4.69, 9.17) is 9.90 Å². The van der Waals surface area contributed by atoms with Crippen LogP contribution in [0, 0.1) is 5.92 Å². The zero-order chi connectivity index (χ0) is 27.6. The molecular weight excluding hydrogens is 497 g/mol. The largest absolute Gasteiger partial charge is 0.490 e. The second kappa shape index (κ2) is 11.0. The number of amides is 1. The Morgan fingerprint density at radius 3 is 2.24 bits per heavy atom. The van der Waals surface area contributed by atoms with Crippen molar-refractivity contribution in [2.75, 3.05) is 13.1 Å². The van der Waals surface area contributed by atoms with Gasteiger partial charge in [-0.3, -0.25) is 14.4 Å². The van der Waals surface area contributed by atoms with Crippen molar-refractivity contribution in [3.63, 3.8) is 0 Å². The minimum atomic E-state index is -5.08. The SMILES string of the molecule is CC(C)c1ccc(CN2C[C@@H]3[C@H](NC(=O)c4ccnn4C)c4ccccc4[C@@H]3C2)cc1.O=C(O)C(F)(F)F. The summed E-state index contributed by atoms with van der Waals surface area (Å²) in [6.45, 7) is 7.44. The molecule has 7 nitrogen and oxygen atoms in total. The van der Waals surface area contributed by atoms with Crippen LogP contribution in [0.5, 0.6) is 0 Å². The van der Waals surface area contributed by atoms with Gasteiger partial charge in [-0.15, -0.1) is 0 Å². The molecule has 38 heavy (non-hydrogen) atoms. The number of hydrogen-bond donors (Lipinski definition) is 2. The summed E-state index contributed by atoms with van der Waals surface area (Å²) in [6.07, 6.45) is -3.41. The number of carboxylic acid groups (broad SMARTS) is 1. The lowest BCUT2D eigenvalue weighted by Gasteiger charge is -2.23. The zero-order valence-electron chi connectivity index (χ0n) is 21.4. The summed E-state index contributed by atoms with van der Waals surface area (Å²) in [5, 5.41) is 14.6. The quantitative estimate of drug-likeness (QED) is 0.493. The van der Waals surface area contributed by atoms with Crippen LogP contribution in [-0.2, 0) is 18.4 Å². The normalized spacial score (nSPS) is 20.4. The number of carboxylic acids is 1. The van der Waals surface area contributed by atoms with E-state index in [0.29, 0.717) is 23.4 Å². The molecule has 5 rings (SSSR count). The summed E-state index contributed by atoms with van der Waals surface area (Å²) >= 11 is 0. The van der Waals surface area contributed by atoms with E-state index in [9.17, 15) is 18.0 Å². The summed E-state index contributed by atoms with van der Waals surface area (Å²) in [5.41, 5.74) is 6.00. The van der Waals surface area contributed by atoms with Crippen molar-refractivity contribution in [1.29, 1.82) is 0 Å². The van der Waals surface area contributed by atoms with Crippen molar-refractivity contribution in [3.8, 4) is 0 Å². The molecule has 0 spiro atoms. The molecule has 10 heteroatoms. The first-order valence-electron chi connectivity index (χ1n) is 12.4. The van der Waals surface area contributed by atoms with Crippen LogP contribution in [0.2, 0.25) is 0 Å². The Balaban J connectivity index is 0.000000426. The molecule has 1 aliphatic carbocycles. The molecule has 1 saturated heterocycles. The molecule has 202 valence electrons. The number of aliphatic carboxylic acids is 1. The summed E-state index contributed by atoms with van der Waals surface area (Å²) in [4.78, 5) is 24.4. The number of benzene rings is 2. The Bertz CT molecular complexity index is 1290. The van der Waals surface area contributed by atoms with E-state index >= 15 is 0 Å². The molecule has 0 saturated carbocycles. The van der Waals surface area contributed by atoms with E-state index in [2.05, 4.69) is 77.7 Å². The van der Waals surface area contributed by atoms with Crippen LogP contribution in [0.25, 0.3) is 0 Å². The van der Waals surface area contributed by atoms with Crippen molar-refractivity contribution >= 4 is 11.9 Å². The molecule has 2 aliphatic rings. The minimum absolute atomic E-state index is 0.0388. The molecule has 0 radical (unpaired) electrons. The monoisotopic (exact) mass is 528 g/mol. The van der Waals surface area contributed by atoms with Gasteiger partial charge in [0.25, 0.3) is 5.91 Å². The highest BCUT2D eigenvalue weighted by Crippen LogP contribution is 2.49. The number of rotatable bonds is 5. The highest BCUT2D eigenvalue weighted by molar-refractivity contribution is 5.92. The molecule has 0 unspecified atom stereocenters. The summed E-state index contributed by atoms with van der Waals surface area (Å²) in [6, 6.07) is 19.5. The first-order valence-corrected chi connectivity index (χ1v) is 12.4. The number of fused-ring (bicyclic) bond motifs is 3. The Labute approximate surface area is 219 Å². The van der Waals surface area contributed by atoms with Crippen molar-refractivity contribution in [1.82, 2.24) is 20.0 Å². The molecule has 0 bridgehead atoms. The fourth-order valence-electron chi connectivity index (χ4n) is 5.33. The van der Waals surface area contributed by atoms with Gasteiger partial charge in [0.05, 0.1) is 6.04 Å². The fourth-order valence-corrected chi connectivity index (χ4v) is 5.33. The number of carbonyl (C=O) groups is 2. The van der Waals surface area contributed by atoms with Crippen LogP contribution in [0.15, 0.2) is 60.8 Å². The van der Waals surface area contributed by atoms with Gasteiger partial charge in [0, 0.05) is 44.7 Å². The van der Waals surface area contributed by atoms with Gasteiger partial charge in [-0.25, -0.2) is 4.79 Å². The predicted molar refractivity (Wildman–Crippen MR) is 136 cm³/mol. The Morgan fingerprint density at radius 1 is 1.05 bits per heavy atom. The molecular formula is C28H31F3N4O3. The predicted octanol–water partition coefficient (Wildman–Crippen LogP) is 4.88. The lowest BCUT2D eigenvalue weighted by atomic mass is 9.94. The molecule has 3 atom stereocenters. The van der Waals surface area contributed by atoms with Gasteiger partial charge in [-0.2, -0.15) is 18.3 Å². The van der Waals surface area contributed by atoms with E-state index in [1.807, 2.05) is 7.05 Å². The van der Waals surface area contributed by atoms with Crippen LogP contribution in [0.4, 0.5) is 13.2 Å². The fraction of sp³-hybridized carbons (Fsp3) is 0.393. The Hall–Kier alpha value is -3.66. The number of nitrogens with zero attached hydrogens (tertiary/aromatic N) is 3. The smallest absolute Gasteiger partial charge is 0.475 e. The lowest BCUT2D eigenvalue weighted by Crippen LogP contribution is -2.34. The molecule has 3 aromatic rings. The average molecular weight is 529 g/mol. The number of halogens is 3. The van der Waals surface area contributed by atoms with Gasteiger partial charge in [0.2, 0.25) is 0 Å². The van der Waals surface area contributed by atoms with Crippen molar-refractivity contribution in [2.45, 2.75) is 44.4 Å². The third-order valence-corrected chi connectivity index (χ3v) is 7.23. The minimum Gasteiger partial charge on any atom is -0.475 e. The highest BCUT2D eigenvalue weighted by atomic mass is 19.4. The van der Waals surface area contributed by atoms with Crippen LogP contribution in [0.1, 0.15) is 64.5 Å². The van der Waals surface area contributed by atoms with Gasteiger partial charge >= 0.3 is 12.1 Å². The molecule has 2 N–H and O–H groups in total. The van der Waals surface area contributed by atoms with E-state index in [0.717, 1.165) is 19.6 Å². The van der Waals surface area contributed by atoms with E-state index in [1.165, 1.54) is 22.3 Å². The summed E-state index contributed by atoms with van der Waals surface area (Å²) < 4.78 is 33.4. The first-order chi connectivity index (χ1) is 18.0. The van der Waals surface area contributed by atoms with Crippen molar-refractivity contribution in [3.05, 3.63) is 88.7 Å². The molecule has 2 aromatic carbocycles. The molecule has 1 amide bonds. The van der Waals surface area contributed by atoms with Crippen LogP contribution in [0.3, 0.4) is 0 Å². The number of aryl methyl sites for hydroxylation is 1. The van der Waals surface area contributed by atoms with Crippen molar-refractivity contribution in [2.24, 2.45) is 13.0 Å². The van der Waals surface area contributed by atoms with Gasteiger partial charge < -0.3 is 10.4 Å². The molecule has 1 aromatic heterocycles. The summed E-state index contributed by atoms with van der Waals surface area (Å²) in [5.74, 6) is -1.40. The number of likely N-dealkylation sites (tertiary alicyclic amines) is 1. The third kappa shape index (κ3) is 5.91. The number of carbonyl (C=O) groups excluding carboxylic acids is 1. The second-order valence-electron chi connectivity index (χ2n) is 10.1. The highest BCUT2D eigenvalue weighted by Gasteiger charge is 2.46. The van der Waals surface area contributed by atoms with Gasteiger partial charge in [-0.05, 0) is 34.2 Å². The lowest BCUT2D eigenvalue weighted by molar-refractivity contribution is -0.192. The Morgan fingerprint density at radius 2 is 1.68 bits per heavy atom. The first kappa shape index (κ1) is 27.4. The number of hydrogen-bond acceptors (Lipinski definition) is 4. The van der Waals surface area contributed by atoms with Gasteiger partial charge in [-0.1, -0.05) is 62.4 Å². The van der Waals surface area contributed by atoms with Crippen LogP contribution < -0.4 is 5.32 Å². The number of alkyl halides is 3. The van der Waals surface area contributed by atoms with Gasteiger partial charge in [0.1, 0.15) is 5.69 Å². The molecule has 2 heterocycles. The second-order valence-corrected chi connectivity index (χ2v) is 10.1. The molecule has 1 aliphatic heterocycles. The Kier molecular flexibility index (Phi) is 7.91. The summed E-state index contributed by atoms with van der Waals surface area (Å²) in [7, 11) is 1.81. The van der Waals surface area contributed by atoms with E-state index < -0.39 is 12.1 Å². The van der Waals surface area contributed by atoms with Crippen LogP contribution in [-0.4, -0.2) is 50.9 Å². The van der Waals surface area contributed by atoms with E-state index in [-0.39, 0.29) is 11.9 Å². The van der Waals surface area contributed by atoms with E-state index in [1.54, 1.807) is 16.9 Å². The average Bonchev–Trinajstić information content (AvgIpc) is 3.55. The zero-order valence-corrected chi connectivity index (χ0v) is 21.4. The van der Waals surface area contributed by atoms with Crippen LogP contribution >= 0.6 is 0 Å². The van der Waals surface area contributed by atoms with Gasteiger partial charge in [0.15, 0.2) is 0 Å². The maximum Gasteiger partial charge on any atom is 0.490 e. The number of nitrogens with one attached hydrogen (secondary N) is 1. The number of aromatic nitrogens is 2. The molecule has 1 fully saturated rings. The maximum absolute atomic E-state index is 13.0. The van der Waals surface area contributed by atoms with Crippen molar-refractivity contribution < 1.29 is 27.9 Å². The third-order valence-electron chi connectivity index (χ3n) is 7.23.